The van der Waals surface area contributed by atoms with Gasteiger partial charge in [0.05, 0.1) is 5.69 Å². The van der Waals surface area contributed by atoms with Gasteiger partial charge in [0.2, 0.25) is 11.8 Å². The number of aryl methyl sites for hydroxylation is 2. The van der Waals surface area contributed by atoms with Crippen LogP contribution in [0, 0.1) is 0 Å². The lowest BCUT2D eigenvalue weighted by atomic mass is 9.90. The Hall–Kier alpha value is -3.52. The van der Waals surface area contributed by atoms with Gasteiger partial charge in [0, 0.05) is 41.7 Å². The minimum atomic E-state index is -0.379. The molecule has 1 aliphatic rings. The number of hydrogen-bond donors (Lipinski definition) is 3. The number of amides is 3. The predicted octanol–water partition coefficient (Wildman–Crippen LogP) is 4.86. The standard InChI is InChI=1S/C24H24N4O3S/c1-14(29)25-20-10-19(11-21(12-20)26-15(2)30)23(31)28-24-27-22(13-32-24)18-8-7-16-5-3-4-6-17(16)9-18/h7-13H,3-6H2,1-2H3,(H,25,29)(H,26,30)(H,27,28,31). The van der Waals surface area contributed by atoms with Crippen LogP contribution in [0.5, 0.6) is 0 Å². The van der Waals surface area contributed by atoms with Crippen molar-refractivity contribution in [2.75, 3.05) is 16.0 Å². The second kappa shape index (κ2) is 9.32. The van der Waals surface area contributed by atoms with Crippen LogP contribution in [0.1, 0.15) is 48.2 Å². The molecule has 0 aliphatic heterocycles. The first kappa shape index (κ1) is 21.7. The third-order valence-corrected chi connectivity index (χ3v) is 5.96. The fourth-order valence-electron chi connectivity index (χ4n) is 3.84. The number of benzene rings is 2. The highest BCUT2D eigenvalue weighted by Gasteiger charge is 2.15. The number of anilines is 3. The summed E-state index contributed by atoms with van der Waals surface area (Å²) in [5.74, 6) is -0.924. The zero-order chi connectivity index (χ0) is 22.7. The maximum absolute atomic E-state index is 12.9. The molecule has 4 rings (SSSR count). The SMILES string of the molecule is CC(=O)Nc1cc(NC(C)=O)cc(C(=O)Nc2nc(-c3ccc4c(c3)CCCC4)cs2)c1. The molecule has 2 aromatic carbocycles. The second-order valence-corrected chi connectivity index (χ2v) is 8.70. The van der Waals surface area contributed by atoms with Gasteiger partial charge in [-0.3, -0.25) is 19.7 Å². The Kier molecular flexibility index (Phi) is 6.32. The molecule has 7 nitrogen and oxygen atoms in total. The average molecular weight is 449 g/mol. The molecule has 1 aliphatic carbocycles. The topological polar surface area (TPSA) is 100 Å². The Morgan fingerprint density at radius 3 is 2.16 bits per heavy atom. The lowest BCUT2D eigenvalue weighted by Gasteiger charge is -2.16. The molecule has 1 heterocycles. The van der Waals surface area contributed by atoms with Crippen LogP contribution in [0.2, 0.25) is 0 Å². The normalized spacial score (nSPS) is 12.6. The van der Waals surface area contributed by atoms with E-state index >= 15 is 0 Å². The fourth-order valence-corrected chi connectivity index (χ4v) is 4.55. The molecule has 0 bridgehead atoms. The molecule has 0 spiro atoms. The highest BCUT2D eigenvalue weighted by atomic mass is 32.1. The Morgan fingerprint density at radius 1 is 0.844 bits per heavy atom. The van der Waals surface area contributed by atoms with Crippen molar-refractivity contribution >= 4 is 45.6 Å². The third kappa shape index (κ3) is 5.20. The van der Waals surface area contributed by atoms with E-state index in [0.29, 0.717) is 22.1 Å². The molecule has 3 N–H and O–H groups in total. The van der Waals surface area contributed by atoms with Gasteiger partial charge >= 0.3 is 0 Å². The highest BCUT2D eigenvalue weighted by molar-refractivity contribution is 7.14. The Bertz CT molecular complexity index is 1170. The summed E-state index contributed by atoms with van der Waals surface area (Å²) in [4.78, 5) is 40.3. The largest absolute Gasteiger partial charge is 0.326 e. The summed E-state index contributed by atoms with van der Waals surface area (Å²) in [6.07, 6.45) is 4.68. The van der Waals surface area contributed by atoms with Gasteiger partial charge in [-0.2, -0.15) is 0 Å². The summed E-state index contributed by atoms with van der Waals surface area (Å²) in [6.45, 7) is 2.76. The minimum Gasteiger partial charge on any atom is -0.326 e. The van der Waals surface area contributed by atoms with Gasteiger partial charge in [0.1, 0.15) is 0 Å². The number of nitrogens with one attached hydrogen (secondary N) is 3. The number of aromatic nitrogens is 1. The van der Waals surface area contributed by atoms with Gasteiger partial charge < -0.3 is 10.6 Å². The van der Waals surface area contributed by atoms with Crippen molar-refractivity contribution in [3.63, 3.8) is 0 Å². The summed E-state index contributed by atoms with van der Waals surface area (Å²) in [5.41, 5.74) is 5.80. The predicted molar refractivity (Wildman–Crippen MR) is 127 cm³/mol. The smallest absolute Gasteiger partial charge is 0.257 e. The molecule has 0 fully saturated rings. The van der Waals surface area contributed by atoms with Crippen molar-refractivity contribution in [1.82, 2.24) is 4.98 Å². The Balaban J connectivity index is 1.54. The molecule has 3 amide bonds. The minimum absolute atomic E-state index is 0.272. The molecule has 1 aromatic heterocycles. The maximum atomic E-state index is 12.9. The van der Waals surface area contributed by atoms with Crippen LogP contribution >= 0.6 is 11.3 Å². The number of thiazole rings is 1. The van der Waals surface area contributed by atoms with E-state index in [-0.39, 0.29) is 17.7 Å². The molecular weight excluding hydrogens is 424 g/mol. The molecule has 0 unspecified atom stereocenters. The molecule has 164 valence electrons. The van der Waals surface area contributed by atoms with E-state index in [9.17, 15) is 14.4 Å². The fraction of sp³-hybridized carbons (Fsp3) is 0.250. The number of rotatable bonds is 5. The van der Waals surface area contributed by atoms with E-state index in [0.717, 1.165) is 24.1 Å². The van der Waals surface area contributed by atoms with Crippen LogP contribution in [0.3, 0.4) is 0 Å². The van der Waals surface area contributed by atoms with E-state index in [1.165, 1.54) is 49.2 Å². The molecule has 0 atom stereocenters. The van der Waals surface area contributed by atoms with E-state index in [1.807, 2.05) is 5.38 Å². The number of carbonyl (C=O) groups excluding carboxylic acids is 3. The van der Waals surface area contributed by atoms with Crippen molar-refractivity contribution < 1.29 is 14.4 Å². The van der Waals surface area contributed by atoms with E-state index in [2.05, 4.69) is 39.1 Å². The summed E-state index contributed by atoms with van der Waals surface area (Å²) in [6, 6.07) is 11.2. The summed E-state index contributed by atoms with van der Waals surface area (Å²) in [5, 5.41) is 10.5. The van der Waals surface area contributed by atoms with Crippen molar-refractivity contribution in [2.45, 2.75) is 39.5 Å². The van der Waals surface area contributed by atoms with Gasteiger partial charge in [0.25, 0.3) is 5.91 Å². The van der Waals surface area contributed by atoms with Gasteiger partial charge in [-0.1, -0.05) is 12.1 Å². The zero-order valence-electron chi connectivity index (χ0n) is 18.0. The van der Waals surface area contributed by atoms with Gasteiger partial charge in [-0.05, 0) is 61.1 Å². The first-order chi connectivity index (χ1) is 15.4. The molecule has 32 heavy (non-hydrogen) atoms. The molecule has 3 aromatic rings. The first-order valence-electron chi connectivity index (χ1n) is 10.5. The number of hydrogen-bond acceptors (Lipinski definition) is 5. The van der Waals surface area contributed by atoms with Gasteiger partial charge in [-0.25, -0.2) is 4.98 Å². The zero-order valence-corrected chi connectivity index (χ0v) is 18.8. The molecule has 8 heteroatoms. The molecular formula is C24H24N4O3S. The summed E-state index contributed by atoms with van der Waals surface area (Å²) in [7, 11) is 0. The van der Waals surface area contributed by atoms with Crippen LogP contribution in [0.15, 0.2) is 41.8 Å². The second-order valence-electron chi connectivity index (χ2n) is 7.84. The van der Waals surface area contributed by atoms with Crippen molar-refractivity contribution in [2.24, 2.45) is 0 Å². The molecule has 0 saturated carbocycles. The Morgan fingerprint density at radius 2 is 1.50 bits per heavy atom. The van der Waals surface area contributed by atoms with Crippen LogP contribution in [-0.4, -0.2) is 22.7 Å². The van der Waals surface area contributed by atoms with Crippen molar-refractivity contribution in [3.8, 4) is 11.3 Å². The van der Waals surface area contributed by atoms with Crippen LogP contribution in [-0.2, 0) is 22.4 Å². The average Bonchev–Trinajstić information content (AvgIpc) is 3.20. The van der Waals surface area contributed by atoms with E-state index in [4.69, 9.17) is 0 Å². The van der Waals surface area contributed by atoms with Crippen molar-refractivity contribution in [1.29, 1.82) is 0 Å². The van der Waals surface area contributed by atoms with Crippen LogP contribution in [0.25, 0.3) is 11.3 Å². The first-order valence-corrected chi connectivity index (χ1v) is 11.3. The monoisotopic (exact) mass is 448 g/mol. The number of fused-ring (bicyclic) bond motifs is 1. The molecule has 0 saturated heterocycles. The highest BCUT2D eigenvalue weighted by Crippen LogP contribution is 2.30. The maximum Gasteiger partial charge on any atom is 0.257 e. The third-order valence-electron chi connectivity index (χ3n) is 5.20. The Labute approximate surface area is 190 Å². The van der Waals surface area contributed by atoms with Gasteiger partial charge in [0.15, 0.2) is 5.13 Å². The summed E-state index contributed by atoms with van der Waals surface area (Å²) >= 11 is 1.35. The van der Waals surface area contributed by atoms with Gasteiger partial charge in [-0.15, -0.1) is 11.3 Å². The van der Waals surface area contributed by atoms with E-state index in [1.54, 1.807) is 18.2 Å². The van der Waals surface area contributed by atoms with E-state index < -0.39 is 0 Å². The lowest BCUT2D eigenvalue weighted by Crippen LogP contribution is -2.15. The number of nitrogens with zero attached hydrogens (tertiary/aromatic N) is 1. The molecule has 0 radical (unpaired) electrons. The number of carbonyl (C=O) groups is 3. The quantitative estimate of drug-likeness (QED) is 0.519. The lowest BCUT2D eigenvalue weighted by molar-refractivity contribution is -0.115. The van der Waals surface area contributed by atoms with Crippen LogP contribution < -0.4 is 16.0 Å². The van der Waals surface area contributed by atoms with Crippen molar-refractivity contribution in [3.05, 3.63) is 58.5 Å². The van der Waals surface area contributed by atoms with Crippen LogP contribution in [0.4, 0.5) is 16.5 Å². The summed E-state index contributed by atoms with van der Waals surface area (Å²) < 4.78 is 0.